The van der Waals surface area contributed by atoms with E-state index in [9.17, 15) is 0 Å². The van der Waals surface area contributed by atoms with Gasteiger partial charge in [-0.3, -0.25) is 0 Å². The number of hydrogen-bond acceptors (Lipinski definition) is 2. The SMILES string of the molecule is CC(C)(C)c1ccc(-c2ccc(N(c3cc(C4c5ccccc5Cc5ccccc54)cc(N(c4ccc(-c5ccc(C(C)(C)C)cc5)cc4)c4ccc(C(C)(C)C)cc4-c4ccc(C(C)(C)C)cc4)c3)c3ccc(C(C)(C)C)cc3-c3ccc(C(C)(C)C)cc3)cc2)cc1. The van der Waals surface area contributed by atoms with Crippen molar-refractivity contribution in [3.63, 3.8) is 0 Å². The molecule has 0 atom stereocenters. The topological polar surface area (TPSA) is 6.48 Å². The first-order valence-electron chi connectivity index (χ1n) is 34.2. The number of fused-ring (bicyclic) bond motifs is 2. The van der Waals surface area contributed by atoms with Crippen molar-refractivity contribution < 1.29 is 0 Å². The molecule has 1 aliphatic carbocycles. The van der Waals surface area contributed by atoms with E-state index in [0.717, 1.165) is 40.5 Å². The zero-order valence-corrected chi connectivity index (χ0v) is 59.4. The molecule has 0 spiro atoms. The van der Waals surface area contributed by atoms with Gasteiger partial charge in [0.25, 0.3) is 0 Å². The van der Waals surface area contributed by atoms with Gasteiger partial charge in [0.2, 0.25) is 0 Å². The fourth-order valence-corrected chi connectivity index (χ4v) is 13.7. The van der Waals surface area contributed by atoms with Crippen LogP contribution in [0.4, 0.5) is 34.1 Å². The molecule has 1 aliphatic rings. The summed E-state index contributed by atoms with van der Waals surface area (Å²) in [4.78, 5) is 5.13. The lowest BCUT2D eigenvalue weighted by Gasteiger charge is -2.35. The van der Waals surface area contributed by atoms with Crippen LogP contribution in [0.15, 0.2) is 249 Å². The molecule has 0 saturated heterocycles. The van der Waals surface area contributed by atoms with E-state index >= 15 is 0 Å². The summed E-state index contributed by atoms with van der Waals surface area (Å²) >= 11 is 0. The summed E-state index contributed by atoms with van der Waals surface area (Å²) in [5.41, 5.74) is 30.3. The maximum absolute atomic E-state index is 2.57. The Labute approximate surface area is 564 Å². The fraction of sp³-hybridized carbons (Fsp3) is 0.283. The molecule has 0 amide bonds. The molecule has 0 aliphatic heterocycles. The van der Waals surface area contributed by atoms with Crippen molar-refractivity contribution in [3.05, 3.63) is 310 Å². The van der Waals surface area contributed by atoms with Gasteiger partial charge >= 0.3 is 0 Å². The van der Waals surface area contributed by atoms with E-state index in [0.29, 0.717) is 0 Å². The third kappa shape index (κ3) is 13.6. The van der Waals surface area contributed by atoms with E-state index in [4.69, 9.17) is 0 Å². The van der Waals surface area contributed by atoms with Crippen LogP contribution in [0.5, 0.6) is 0 Å². The van der Waals surface area contributed by atoms with Crippen LogP contribution >= 0.6 is 0 Å². The predicted octanol–water partition coefficient (Wildman–Crippen LogP) is 26.2. The molecule has 0 radical (unpaired) electrons. The van der Waals surface area contributed by atoms with Gasteiger partial charge in [0.15, 0.2) is 0 Å². The highest BCUT2D eigenvalue weighted by molar-refractivity contribution is 5.94. The first kappa shape index (κ1) is 65.1. The molecular weight excluding hydrogens is 1130 g/mol. The molecule has 11 aromatic rings. The normalized spacial score (nSPS) is 13.1. The summed E-state index contributed by atoms with van der Waals surface area (Å²) in [6, 6.07) is 96.2. The first-order valence-corrected chi connectivity index (χ1v) is 34.2. The summed E-state index contributed by atoms with van der Waals surface area (Å²) in [6.07, 6.45) is 0.888. The minimum atomic E-state index is -0.109. The van der Waals surface area contributed by atoms with Gasteiger partial charge in [-0.1, -0.05) is 307 Å². The number of anilines is 6. The Kier molecular flexibility index (Phi) is 17.1. The number of benzene rings is 11. The highest BCUT2D eigenvalue weighted by Crippen LogP contribution is 2.51. The van der Waals surface area contributed by atoms with E-state index in [1.165, 1.54) is 106 Å². The number of rotatable bonds is 11. The molecule has 0 bridgehead atoms. The van der Waals surface area contributed by atoms with E-state index in [1.54, 1.807) is 0 Å². The van der Waals surface area contributed by atoms with Crippen LogP contribution < -0.4 is 9.80 Å². The van der Waals surface area contributed by atoms with Gasteiger partial charge in [0.05, 0.1) is 11.4 Å². The molecule has 476 valence electrons. The monoisotopic (exact) mass is 1230 g/mol. The Balaban J connectivity index is 1.18. The molecule has 0 saturated carbocycles. The third-order valence-corrected chi connectivity index (χ3v) is 19.6. The lowest BCUT2D eigenvalue weighted by molar-refractivity contribution is 0.589. The second-order valence-electron chi connectivity index (χ2n) is 32.8. The second-order valence-corrected chi connectivity index (χ2v) is 32.8. The highest BCUT2D eigenvalue weighted by atomic mass is 15.2. The molecule has 2 nitrogen and oxygen atoms in total. The second kappa shape index (κ2) is 24.7. The summed E-state index contributed by atoms with van der Waals surface area (Å²) < 4.78 is 0. The van der Waals surface area contributed by atoms with Crippen LogP contribution in [0.2, 0.25) is 0 Å². The molecule has 0 heterocycles. The Morgan fingerprint density at radius 2 is 0.511 bits per heavy atom. The molecular formula is C92H98N2. The minimum Gasteiger partial charge on any atom is -0.310 e. The van der Waals surface area contributed by atoms with Gasteiger partial charge in [-0.05, 0) is 200 Å². The van der Waals surface area contributed by atoms with E-state index in [-0.39, 0.29) is 38.4 Å². The lowest BCUT2D eigenvalue weighted by Crippen LogP contribution is -2.19. The van der Waals surface area contributed by atoms with Crippen LogP contribution in [-0.2, 0) is 38.9 Å². The van der Waals surface area contributed by atoms with Crippen molar-refractivity contribution in [3.8, 4) is 44.5 Å². The van der Waals surface area contributed by atoms with E-state index in [1.807, 2.05) is 0 Å². The van der Waals surface area contributed by atoms with Gasteiger partial charge in [0, 0.05) is 39.8 Å². The van der Waals surface area contributed by atoms with Crippen LogP contribution in [-0.4, -0.2) is 0 Å². The maximum atomic E-state index is 2.57. The Bertz CT molecular complexity index is 4210. The van der Waals surface area contributed by atoms with Crippen LogP contribution in [0.1, 0.15) is 192 Å². The molecule has 11 aromatic carbocycles. The summed E-state index contributed by atoms with van der Waals surface area (Å²) in [5.74, 6) is -0.0687. The van der Waals surface area contributed by atoms with Crippen molar-refractivity contribution >= 4 is 34.1 Å². The molecule has 2 heteroatoms. The standard InChI is InChI=1S/C92H98N2/c1-87(2,3)70-39-27-61(28-40-70)63-35-49-76(50-36-63)93(84-53-47-74(91(13,14)15)58-82(84)65-31-43-72(44-32-65)89(7,8)9)78-56-69(86-80-25-21-19-23-67(80)55-68-24-20-22-26-81(68)86)57-79(60-78)94(77-51-37-64(38-52-77)62-29-41-71(42-30-62)88(4,5)6)85-54-48-75(92(16,17)18)59-83(85)66-33-45-73(46-34-66)90(10,11)12/h19-54,56-60,86H,55H2,1-18H3. The fourth-order valence-electron chi connectivity index (χ4n) is 13.7. The van der Waals surface area contributed by atoms with Crippen LogP contribution in [0.25, 0.3) is 44.5 Å². The summed E-state index contributed by atoms with van der Waals surface area (Å²) in [7, 11) is 0. The summed E-state index contributed by atoms with van der Waals surface area (Å²) in [6.45, 7) is 41.5. The maximum Gasteiger partial charge on any atom is 0.0540 e. The minimum absolute atomic E-state index is 0.00460. The Hall–Kier alpha value is -8.98. The quantitative estimate of drug-likeness (QED) is 0.127. The zero-order valence-electron chi connectivity index (χ0n) is 59.4. The van der Waals surface area contributed by atoms with Crippen molar-refractivity contribution in [1.29, 1.82) is 0 Å². The van der Waals surface area contributed by atoms with Crippen molar-refractivity contribution in [2.24, 2.45) is 0 Å². The molecule has 0 unspecified atom stereocenters. The predicted molar refractivity (Wildman–Crippen MR) is 406 cm³/mol. The van der Waals surface area contributed by atoms with Crippen LogP contribution in [0, 0.1) is 0 Å². The van der Waals surface area contributed by atoms with Gasteiger partial charge in [-0.15, -0.1) is 0 Å². The van der Waals surface area contributed by atoms with Gasteiger partial charge in [0.1, 0.15) is 0 Å². The lowest BCUT2D eigenvalue weighted by atomic mass is 9.74. The zero-order chi connectivity index (χ0) is 66.9. The molecule has 12 rings (SSSR count). The molecule has 0 fully saturated rings. The molecule has 0 N–H and O–H groups in total. The van der Waals surface area contributed by atoms with Gasteiger partial charge in [-0.25, -0.2) is 0 Å². The summed E-state index contributed by atoms with van der Waals surface area (Å²) in [5, 5.41) is 0. The Morgan fingerprint density at radius 3 is 0.809 bits per heavy atom. The van der Waals surface area contributed by atoms with Crippen molar-refractivity contribution in [2.75, 3.05) is 9.80 Å². The molecule has 94 heavy (non-hydrogen) atoms. The number of hydrogen-bond donors (Lipinski definition) is 0. The largest absolute Gasteiger partial charge is 0.310 e. The smallest absolute Gasteiger partial charge is 0.0540 e. The van der Waals surface area contributed by atoms with E-state index < -0.39 is 0 Å². The van der Waals surface area contributed by atoms with Crippen molar-refractivity contribution in [1.82, 2.24) is 0 Å². The first-order chi connectivity index (χ1) is 44.4. The van der Waals surface area contributed by atoms with Gasteiger partial charge in [-0.2, -0.15) is 0 Å². The van der Waals surface area contributed by atoms with Crippen molar-refractivity contribution in [2.45, 2.75) is 169 Å². The third-order valence-electron chi connectivity index (χ3n) is 19.6. The average molecular weight is 1230 g/mol. The molecule has 0 aromatic heterocycles. The van der Waals surface area contributed by atoms with E-state index in [2.05, 4.69) is 383 Å². The number of nitrogens with zero attached hydrogens (tertiary/aromatic N) is 2. The average Bonchev–Trinajstić information content (AvgIpc) is 0.748. The van der Waals surface area contributed by atoms with Gasteiger partial charge < -0.3 is 9.80 Å². The van der Waals surface area contributed by atoms with Crippen LogP contribution in [0.3, 0.4) is 0 Å². The Morgan fingerprint density at radius 1 is 0.245 bits per heavy atom. The highest BCUT2D eigenvalue weighted by Gasteiger charge is 2.32.